The summed E-state index contributed by atoms with van der Waals surface area (Å²) in [4.78, 5) is 14.6. The summed E-state index contributed by atoms with van der Waals surface area (Å²) in [6, 6.07) is 12.2. The number of hydrogen-bond donors (Lipinski definition) is 8. The lowest BCUT2D eigenvalue weighted by molar-refractivity contribution is -0.335. The Balaban J connectivity index is 1.54. The quantitative estimate of drug-likeness (QED) is 0.0876. The lowest BCUT2D eigenvalue weighted by Crippen LogP contribution is -2.70. The molecule has 3 aliphatic rings. The second kappa shape index (κ2) is 24.9. The topological polar surface area (TPSA) is 253 Å². The first-order valence-corrected chi connectivity index (χ1v) is 27.2. The number of sulfonamides is 1. The molecule has 2 aromatic carbocycles. The maximum Gasteiger partial charge on any atom is 0.311 e. The van der Waals surface area contributed by atoms with Gasteiger partial charge in [0.25, 0.3) is 0 Å². The molecule has 19 heteroatoms. The lowest BCUT2D eigenvalue weighted by atomic mass is 9.75. The fraction of sp³-hybridized carbons (Fsp3) is 0.755. The van der Waals surface area contributed by atoms with Crippen molar-refractivity contribution in [2.45, 2.75) is 209 Å². The van der Waals surface area contributed by atoms with E-state index >= 15 is 0 Å². The van der Waals surface area contributed by atoms with Crippen LogP contribution in [-0.2, 0) is 49.7 Å². The van der Waals surface area contributed by atoms with Gasteiger partial charge in [-0.2, -0.15) is 0 Å². The van der Waals surface area contributed by atoms with E-state index in [-0.39, 0.29) is 49.6 Å². The van der Waals surface area contributed by atoms with Crippen molar-refractivity contribution >= 4 is 16.0 Å². The first-order valence-electron chi connectivity index (χ1n) is 25.8. The summed E-state index contributed by atoms with van der Waals surface area (Å²) in [5.41, 5.74) is -4.98. The molecule has 0 radical (unpaired) electrons. The average molecular weight is 1040 g/mol. The number of carbonyl (C=O) groups is 1. The van der Waals surface area contributed by atoms with Crippen LogP contribution < -0.4 is 20.1 Å². The molecule has 72 heavy (non-hydrogen) atoms. The Morgan fingerprint density at radius 3 is 2.18 bits per heavy atom. The second-order valence-electron chi connectivity index (χ2n) is 21.5. The molecule has 0 unspecified atom stereocenters. The van der Waals surface area contributed by atoms with Crippen molar-refractivity contribution in [3.8, 4) is 5.75 Å². The van der Waals surface area contributed by atoms with E-state index in [1.54, 1.807) is 92.8 Å². The number of benzene rings is 2. The molecule has 0 spiro atoms. The van der Waals surface area contributed by atoms with Crippen LogP contribution in [0.25, 0.3) is 0 Å². The number of aliphatic hydroxyl groups is 5. The predicted molar refractivity (Wildman–Crippen MR) is 271 cm³/mol. The third-order valence-electron chi connectivity index (χ3n) is 15.5. The van der Waals surface area contributed by atoms with E-state index < -0.39 is 118 Å². The molecule has 410 valence electrons. The summed E-state index contributed by atoms with van der Waals surface area (Å²) < 4.78 is 75.4. The van der Waals surface area contributed by atoms with Gasteiger partial charge in [0.1, 0.15) is 40.9 Å². The van der Waals surface area contributed by atoms with E-state index in [0.29, 0.717) is 24.3 Å². The van der Waals surface area contributed by atoms with Gasteiger partial charge in [-0.1, -0.05) is 58.0 Å². The molecular formula is C53H87N3O15S. The number of aliphatic hydroxyl groups excluding tert-OH is 2. The molecule has 0 amide bonds. The van der Waals surface area contributed by atoms with E-state index in [9.17, 15) is 38.7 Å². The summed E-state index contributed by atoms with van der Waals surface area (Å²) in [5, 5.41) is 67.1. The van der Waals surface area contributed by atoms with Gasteiger partial charge in [-0.15, -0.1) is 0 Å². The summed E-state index contributed by atoms with van der Waals surface area (Å²) in [6.07, 6.45) is -9.24. The summed E-state index contributed by atoms with van der Waals surface area (Å²) in [6.45, 7) is 20.0. The van der Waals surface area contributed by atoms with Crippen LogP contribution in [0.4, 0.5) is 0 Å². The number of ether oxygens (including phenoxy) is 7. The van der Waals surface area contributed by atoms with E-state index in [4.69, 9.17) is 33.2 Å². The Labute approximate surface area is 428 Å². The monoisotopic (exact) mass is 1040 g/mol. The maximum absolute atomic E-state index is 14.6. The SMILES string of the molecule is CCCNC[C@]1(O)[C@H](C)O[C@@H](O[C@H]2[C@H](C)[C@@H](O[C@@H]3O[C@H](C)C[C@H](NS(=O)(=O)c4ccccc4Cc4ccc(OC)cc4)[C@H]3O)[C@](C)(O)C[C@@H](C)CN[C@H](C)[C@@H](O)[C@](C)(O)[C@@H](CC)OC(=O)[C@@H]2C)C[C@@]1(C)OC. The van der Waals surface area contributed by atoms with Crippen LogP contribution in [0.15, 0.2) is 53.4 Å². The smallest absolute Gasteiger partial charge is 0.311 e. The van der Waals surface area contributed by atoms with Crippen LogP contribution in [0.2, 0.25) is 0 Å². The van der Waals surface area contributed by atoms with Gasteiger partial charge >= 0.3 is 5.97 Å². The fourth-order valence-corrected chi connectivity index (χ4v) is 12.5. The van der Waals surface area contributed by atoms with Crippen molar-refractivity contribution < 1.29 is 71.9 Å². The second-order valence-corrected chi connectivity index (χ2v) is 23.2. The molecule has 2 aromatic rings. The third-order valence-corrected chi connectivity index (χ3v) is 17.1. The van der Waals surface area contributed by atoms with Gasteiger partial charge in [0.15, 0.2) is 12.6 Å². The van der Waals surface area contributed by atoms with E-state index in [0.717, 1.165) is 12.0 Å². The molecule has 0 aromatic heterocycles. The van der Waals surface area contributed by atoms with E-state index in [2.05, 4.69) is 15.4 Å². The minimum Gasteiger partial charge on any atom is -0.497 e. The Morgan fingerprint density at radius 1 is 0.889 bits per heavy atom. The molecule has 18 nitrogen and oxygen atoms in total. The number of carbonyl (C=O) groups excluding carboxylic acids is 1. The normalized spacial score (nSPS) is 39.9. The van der Waals surface area contributed by atoms with Gasteiger partial charge in [0, 0.05) is 32.0 Å². The average Bonchev–Trinajstić information content (AvgIpc) is 3.33. The molecule has 0 bridgehead atoms. The van der Waals surface area contributed by atoms with E-state index in [1.165, 1.54) is 20.1 Å². The van der Waals surface area contributed by atoms with Crippen LogP contribution in [0, 0.1) is 17.8 Å². The van der Waals surface area contributed by atoms with Gasteiger partial charge < -0.3 is 69.3 Å². The van der Waals surface area contributed by atoms with Crippen molar-refractivity contribution in [1.82, 2.24) is 15.4 Å². The van der Waals surface area contributed by atoms with Gasteiger partial charge in [0.2, 0.25) is 10.0 Å². The van der Waals surface area contributed by atoms with Gasteiger partial charge in [-0.3, -0.25) is 4.79 Å². The maximum atomic E-state index is 14.6. The number of hydrogen-bond acceptors (Lipinski definition) is 17. The van der Waals surface area contributed by atoms with Crippen molar-refractivity contribution in [3.05, 3.63) is 59.7 Å². The number of methoxy groups -OCH3 is 2. The molecular weight excluding hydrogens is 951 g/mol. The predicted octanol–water partition coefficient (Wildman–Crippen LogP) is 3.94. The number of cyclic esters (lactones) is 1. The molecule has 8 N–H and O–H groups in total. The zero-order chi connectivity index (χ0) is 53.6. The van der Waals surface area contributed by atoms with E-state index in [1.807, 2.05) is 26.0 Å². The van der Waals surface area contributed by atoms with Crippen molar-refractivity contribution in [3.63, 3.8) is 0 Å². The highest BCUT2D eigenvalue weighted by Gasteiger charge is 2.58. The molecule has 3 fully saturated rings. The lowest BCUT2D eigenvalue weighted by Gasteiger charge is -2.53. The van der Waals surface area contributed by atoms with Crippen LogP contribution in [0.1, 0.15) is 119 Å². The number of esters is 1. The Kier molecular flexibility index (Phi) is 20.7. The van der Waals surface area contributed by atoms with Crippen LogP contribution in [0.3, 0.4) is 0 Å². The van der Waals surface area contributed by atoms with Gasteiger partial charge in [-0.05, 0) is 129 Å². The molecule has 3 aliphatic heterocycles. The molecule has 18 atom stereocenters. The molecule has 3 saturated heterocycles. The van der Waals surface area contributed by atoms with Crippen molar-refractivity contribution in [2.24, 2.45) is 17.8 Å². The minimum atomic E-state index is -4.26. The molecule has 0 saturated carbocycles. The van der Waals surface area contributed by atoms with Gasteiger partial charge in [0.05, 0.1) is 54.0 Å². The van der Waals surface area contributed by atoms with Crippen LogP contribution >= 0.6 is 0 Å². The molecule has 0 aliphatic carbocycles. The molecule has 3 heterocycles. The van der Waals surface area contributed by atoms with Crippen molar-refractivity contribution in [2.75, 3.05) is 33.9 Å². The third kappa shape index (κ3) is 13.8. The molecule has 5 rings (SSSR count). The largest absolute Gasteiger partial charge is 0.497 e. The number of nitrogens with one attached hydrogen (secondary N) is 3. The zero-order valence-electron chi connectivity index (χ0n) is 44.8. The standard InChI is InChI=1S/C53H87N3O15S/c1-14-24-54-30-53(62)36(8)68-43(28-51(53,10)66-13)70-45-33(5)47(50(9,60)27-31(3)29-55-35(7)46(58)52(11,61)42(15-2)69-48(59)34(45)6)71-49-44(57)40(25-32(4)67-49)56-72(63,64)41-19-17-16-18-38(41)26-37-20-22-39(65-12)23-21-37/h16-23,31-36,40,42-47,49,54-58,60-62H,14-15,24-30H2,1-13H3/t31-,32-,33+,34-,35-,36+,40+,42-,43+,44-,45+,46-,47-,49+,50-,51-,52-,53+/m1/s1. The minimum absolute atomic E-state index is 0.0111. The zero-order valence-corrected chi connectivity index (χ0v) is 45.6. The van der Waals surface area contributed by atoms with Crippen molar-refractivity contribution in [1.29, 1.82) is 0 Å². The van der Waals surface area contributed by atoms with Crippen LogP contribution in [-0.4, -0.2) is 164 Å². The first kappa shape index (κ1) is 60.0. The highest BCUT2D eigenvalue weighted by molar-refractivity contribution is 7.89. The fourth-order valence-electron chi connectivity index (χ4n) is 11.0. The summed E-state index contributed by atoms with van der Waals surface area (Å²) >= 11 is 0. The summed E-state index contributed by atoms with van der Waals surface area (Å²) in [7, 11) is -1.19. The highest BCUT2D eigenvalue weighted by Crippen LogP contribution is 2.43. The Bertz CT molecular complexity index is 2150. The van der Waals surface area contributed by atoms with Crippen LogP contribution in [0.5, 0.6) is 5.75 Å². The Morgan fingerprint density at radius 2 is 1.56 bits per heavy atom. The Hall–Kier alpha value is -2.86. The summed E-state index contributed by atoms with van der Waals surface area (Å²) in [5.74, 6) is -2.52. The number of rotatable bonds is 16. The van der Waals surface area contributed by atoms with Gasteiger partial charge in [-0.25, -0.2) is 13.1 Å². The first-order chi connectivity index (χ1) is 33.7. The highest BCUT2D eigenvalue weighted by atomic mass is 32.2.